The van der Waals surface area contributed by atoms with E-state index in [9.17, 15) is 4.79 Å². The van der Waals surface area contributed by atoms with E-state index < -0.39 is 0 Å². The highest BCUT2D eigenvalue weighted by atomic mass is 16.1. The number of hydrogen-bond donors (Lipinski definition) is 0. The molecule has 4 heteroatoms. The lowest BCUT2D eigenvalue weighted by atomic mass is 10.0. The van der Waals surface area contributed by atoms with E-state index in [1.165, 1.54) is 23.9 Å². The number of aryl methyl sites for hydroxylation is 4. The third-order valence-corrected chi connectivity index (χ3v) is 5.29. The number of ketones is 1. The van der Waals surface area contributed by atoms with Crippen LogP contribution >= 0.6 is 0 Å². The smallest absolute Gasteiger partial charge is 0.167 e. The van der Waals surface area contributed by atoms with Crippen molar-refractivity contribution in [3.05, 3.63) is 53.2 Å². The lowest BCUT2D eigenvalue weighted by molar-refractivity contribution is 0.0977. The summed E-state index contributed by atoms with van der Waals surface area (Å²) < 4.78 is 4.41. The molecule has 0 spiro atoms. The third-order valence-electron chi connectivity index (χ3n) is 5.29. The van der Waals surface area contributed by atoms with Crippen molar-refractivity contribution >= 4 is 16.7 Å². The average molecular weight is 321 g/mol. The van der Waals surface area contributed by atoms with E-state index in [-0.39, 0.29) is 5.78 Å². The van der Waals surface area contributed by atoms with Gasteiger partial charge in [0.1, 0.15) is 5.82 Å². The maximum Gasteiger partial charge on any atom is 0.167 e. The van der Waals surface area contributed by atoms with Gasteiger partial charge in [-0.3, -0.25) is 4.79 Å². The molecule has 0 unspecified atom stereocenters. The summed E-state index contributed by atoms with van der Waals surface area (Å²) in [6, 6.07) is 6.43. The maximum atomic E-state index is 13.0. The fraction of sp³-hybridized carbons (Fsp3) is 0.400. The number of imidazole rings is 1. The first kappa shape index (κ1) is 15.2. The average Bonchev–Trinajstić information content (AvgIpc) is 3.01. The zero-order valence-electron chi connectivity index (χ0n) is 14.4. The second-order valence-electron chi connectivity index (χ2n) is 6.72. The van der Waals surface area contributed by atoms with Crippen LogP contribution in [-0.4, -0.2) is 19.9 Å². The lowest BCUT2D eigenvalue weighted by Crippen LogP contribution is -2.08. The summed E-state index contributed by atoms with van der Waals surface area (Å²) in [5, 5.41) is 1.14. The van der Waals surface area contributed by atoms with Gasteiger partial charge < -0.3 is 9.13 Å². The second-order valence-corrected chi connectivity index (χ2v) is 6.72. The van der Waals surface area contributed by atoms with Gasteiger partial charge in [-0.15, -0.1) is 0 Å². The quantitative estimate of drug-likeness (QED) is 0.680. The molecule has 0 radical (unpaired) electrons. The normalized spacial score (nSPS) is 14.1. The van der Waals surface area contributed by atoms with Crippen LogP contribution < -0.4 is 0 Å². The van der Waals surface area contributed by atoms with Crippen LogP contribution in [0, 0.1) is 13.8 Å². The number of carbonyl (C=O) groups excluding carboxylic acids is 1. The van der Waals surface area contributed by atoms with E-state index >= 15 is 0 Å². The van der Waals surface area contributed by atoms with Crippen LogP contribution in [0.15, 0.2) is 30.6 Å². The van der Waals surface area contributed by atoms with Crippen LogP contribution in [0.2, 0.25) is 0 Å². The topological polar surface area (TPSA) is 39.8 Å². The summed E-state index contributed by atoms with van der Waals surface area (Å²) in [4.78, 5) is 17.2. The molecule has 2 aromatic heterocycles. The van der Waals surface area contributed by atoms with Crippen molar-refractivity contribution in [3.8, 4) is 0 Å². The van der Waals surface area contributed by atoms with Gasteiger partial charge in [0.05, 0.1) is 5.52 Å². The first-order chi connectivity index (χ1) is 11.7. The van der Waals surface area contributed by atoms with Gasteiger partial charge in [0, 0.05) is 48.5 Å². The van der Waals surface area contributed by atoms with Crippen LogP contribution in [-0.2, 0) is 19.5 Å². The Hall–Kier alpha value is -2.36. The molecule has 0 saturated carbocycles. The predicted molar refractivity (Wildman–Crippen MR) is 95.5 cm³/mol. The van der Waals surface area contributed by atoms with Gasteiger partial charge in [-0.25, -0.2) is 4.98 Å². The van der Waals surface area contributed by atoms with Gasteiger partial charge in [0.15, 0.2) is 5.78 Å². The molecule has 1 aromatic carbocycles. The number of rotatable bonds is 4. The van der Waals surface area contributed by atoms with E-state index in [4.69, 9.17) is 0 Å². The fourth-order valence-corrected chi connectivity index (χ4v) is 4.01. The second kappa shape index (κ2) is 5.93. The zero-order chi connectivity index (χ0) is 16.7. The van der Waals surface area contributed by atoms with Crippen LogP contribution in [0.1, 0.15) is 46.7 Å². The van der Waals surface area contributed by atoms with E-state index in [0.29, 0.717) is 13.0 Å². The highest BCUT2D eigenvalue weighted by Crippen LogP contribution is 2.32. The number of hydrogen-bond acceptors (Lipinski definition) is 2. The Labute approximate surface area is 142 Å². The molecule has 0 saturated heterocycles. The fourth-order valence-electron chi connectivity index (χ4n) is 4.01. The summed E-state index contributed by atoms with van der Waals surface area (Å²) in [7, 11) is 0. The highest BCUT2D eigenvalue weighted by molar-refractivity contribution is 6.10. The molecule has 3 heterocycles. The van der Waals surface area contributed by atoms with Crippen molar-refractivity contribution in [1.82, 2.24) is 14.1 Å². The number of Topliss-reactive ketones (excluding diaryl/α,β-unsaturated/α-hetero) is 1. The summed E-state index contributed by atoms with van der Waals surface area (Å²) in [6.07, 6.45) is 7.76. The van der Waals surface area contributed by atoms with Gasteiger partial charge in [-0.05, 0) is 38.7 Å². The van der Waals surface area contributed by atoms with Gasteiger partial charge in [0.25, 0.3) is 0 Å². The molecule has 0 N–H and O–H groups in total. The standard InChI is InChI=1S/C20H23N3O/c1-14-19(18(24)9-12-22-13-10-21-15(22)2)17-8-5-7-16-6-3-4-11-23(14)20(16)17/h5,7-8,10,13H,3-4,6,9,11-12H2,1-2H3. The van der Waals surface area contributed by atoms with Gasteiger partial charge in [0.2, 0.25) is 0 Å². The van der Waals surface area contributed by atoms with Crippen molar-refractivity contribution < 1.29 is 4.79 Å². The molecule has 3 aromatic rings. The number of carbonyl (C=O) groups is 1. The molecular weight excluding hydrogens is 298 g/mol. The zero-order valence-corrected chi connectivity index (χ0v) is 14.4. The van der Waals surface area contributed by atoms with Crippen molar-refractivity contribution in [2.24, 2.45) is 0 Å². The van der Waals surface area contributed by atoms with Crippen molar-refractivity contribution in [3.63, 3.8) is 0 Å². The molecular formula is C20H23N3O. The largest absolute Gasteiger partial charge is 0.344 e. The predicted octanol–water partition coefficient (Wildman–Crippen LogP) is 4.06. The lowest BCUT2D eigenvalue weighted by Gasteiger charge is -2.07. The van der Waals surface area contributed by atoms with Crippen LogP contribution in [0.4, 0.5) is 0 Å². The summed E-state index contributed by atoms with van der Waals surface area (Å²) in [6.45, 7) is 5.79. The maximum absolute atomic E-state index is 13.0. The minimum Gasteiger partial charge on any atom is -0.344 e. The summed E-state index contributed by atoms with van der Waals surface area (Å²) in [5.74, 6) is 1.20. The molecule has 0 bridgehead atoms. The first-order valence-corrected chi connectivity index (χ1v) is 8.78. The Morgan fingerprint density at radius 3 is 2.92 bits per heavy atom. The molecule has 0 aliphatic carbocycles. The third kappa shape index (κ3) is 2.37. The molecule has 0 fully saturated rings. The van der Waals surface area contributed by atoms with Crippen LogP contribution in [0.3, 0.4) is 0 Å². The minimum absolute atomic E-state index is 0.238. The Bertz CT molecular complexity index is 917. The highest BCUT2D eigenvalue weighted by Gasteiger charge is 2.22. The molecule has 0 amide bonds. The van der Waals surface area contributed by atoms with E-state index in [2.05, 4.69) is 34.7 Å². The van der Waals surface area contributed by atoms with Crippen molar-refractivity contribution in [2.45, 2.75) is 52.6 Å². The van der Waals surface area contributed by atoms with Crippen LogP contribution in [0.25, 0.3) is 10.9 Å². The monoisotopic (exact) mass is 321 g/mol. The van der Waals surface area contributed by atoms with E-state index in [0.717, 1.165) is 35.4 Å². The van der Waals surface area contributed by atoms with Gasteiger partial charge in [-0.2, -0.15) is 0 Å². The molecule has 0 atom stereocenters. The van der Waals surface area contributed by atoms with Crippen molar-refractivity contribution in [1.29, 1.82) is 0 Å². The number of para-hydroxylation sites is 1. The van der Waals surface area contributed by atoms with Crippen LogP contribution in [0.5, 0.6) is 0 Å². The summed E-state index contributed by atoms with van der Waals surface area (Å²) >= 11 is 0. The molecule has 124 valence electrons. The molecule has 1 aliphatic heterocycles. The summed E-state index contributed by atoms with van der Waals surface area (Å²) in [5.41, 5.74) is 4.73. The Morgan fingerprint density at radius 2 is 2.12 bits per heavy atom. The van der Waals surface area contributed by atoms with Crippen molar-refractivity contribution in [2.75, 3.05) is 0 Å². The number of aromatic nitrogens is 3. The Morgan fingerprint density at radius 1 is 1.25 bits per heavy atom. The molecule has 1 aliphatic rings. The van der Waals surface area contributed by atoms with E-state index in [1.807, 2.05) is 17.7 Å². The minimum atomic E-state index is 0.238. The van der Waals surface area contributed by atoms with Gasteiger partial charge >= 0.3 is 0 Å². The van der Waals surface area contributed by atoms with E-state index in [1.54, 1.807) is 6.20 Å². The van der Waals surface area contributed by atoms with Gasteiger partial charge in [-0.1, -0.05) is 18.2 Å². The SMILES string of the molecule is Cc1nccn1CCC(=O)c1c(C)n2c3c(cccc13)CCCC2. The molecule has 4 nitrogen and oxygen atoms in total. The number of benzene rings is 1. The Balaban J connectivity index is 1.73. The molecule has 24 heavy (non-hydrogen) atoms. The number of nitrogens with zero attached hydrogens (tertiary/aromatic N) is 3. The Kier molecular flexibility index (Phi) is 3.75. The first-order valence-electron chi connectivity index (χ1n) is 8.78. The molecule has 4 rings (SSSR count).